The minimum Gasteiger partial charge on any atom is -0.341 e. The van der Waals surface area contributed by atoms with Gasteiger partial charge in [0.2, 0.25) is 5.91 Å². The Balaban J connectivity index is 2.78. The maximum Gasteiger partial charge on any atom is 0.226 e. The van der Waals surface area contributed by atoms with Crippen molar-refractivity contribution in [3.8, 4) is 0 Å². The first-order valence-corrected chi connectivity index (χ1v) is 8.79. The molecule has 0 radical (unpaired) electrons. The summed E-state index contributed by atoms with van der Waals surface area (Å²) in [6, 6.07) is 5.20. The Morgan fingerprint density at radius 3 is 2.50 bits per heavy atom. The van der Waals surface area contributed by atoms with Crippen molar-refractivity contribution in [2.24, 2.45) is 5.92 Å². The molecule has 0 aliphatic heterocycles. The Bertz CT molecular complexity index is 602. The monoisotopic (exact) mass is 337 g/mol. The van der Waals surface area contributed by atoms with Gasteiger partial charge in [-0.15, -0.1) is 0 Å². The van der Waals surface area contributed by atoms with Crippen LogP contribution in [-0.2, 0) is 21.2 Å². The van der Waals surface area contributed by atoms with Gasteiger partial charge >= 0.3 is 0 Å². The molecule has 0 aliphatic rings. The summed E-state index contributed by atoms with van der Waals surface area (Å²) >= 11 is 12.0. The van der Waals surface area contributed by atoms with Gasteiger partial charge in [0.1, 0.15) is 9.84 Å². The average molecular weight is 338 g/mol. The highest BCUT2D eigenvalue weighted by Gasteiger charge is 2.22. The summed E-state index contributed by atoms with van der Waals surface area (Å²) in [7, 11) is -1.57. The number of carbonyl (C=O) groups excluding carboxylic acids is 1. The minimum atomic E-state index is -3.18. The van der Waals surface area contributed by atoms with Crippen LogP contribution in [0.2, 0.25) is 10.0 Å². The van der Waals surface area contributed by atoms with E-state index in [0.29, 0.717) is 10.0 Å². The molecule has 1 rings (SSSR count). The Hall–Kier alpha value is -0.780. The predicted molar refractivity (Wildman–Crippen MR) is 81.8 cm³/mol. The molecule has 0 aromatic heterocycles. The first kappa shape index (κ1) is 17.3. The molecule has 0 aliphatic carbocycles. The van der Waals surface area contributed by atoms with Crippen LogP contribution in [0.15, 0.2) is 18.2 Å². The summed E-state index contributed by atoms with van der Waals surface area (Å²) in [5.41, 5.74) is 0.724. The van der Waals surface area contributed by atoms with Crippen molar-refractivity contribution in [3.63, 3.8) is 0 Å². The number of amides is 1. The molecule has 112 valence electrons. The molecule has 1 aromatic carbocycles. The van der Waals surface area contributed by atoms with E-state index in [1.807, 2.05) is 0 Å². The van der Waals surface area contributed by atoms with Crippen molar-refractivity contribution >= 4 is 38.9 Å². The molecule has 1 atom stereocenters. The number of sulfone groups is 1. The second-order valence-electron chi connectivity index (χ2n) is 4.90. The third-order valence-electron chi connectivity index (χ3n) is 2.79. The number of nitrogens with zero attached hydrogens (tertiary/aromatic N) is 1. The van der Waals surface area contributed by atoms with Crippen LogP contribution in [0.3, 0.4) is 0 Å². The summed E-state index contributed by atoms with van der Waals surface area (Å²) in [6.45, 7) is 1.88. The van der Waals surface area contributed by atoms with E-state index in [4.69, 9.17) is 23.2 Å². The van der Waals surface area contributed by atoms with Gasteiger partial charge in [0.05, 0.1) is 15.8 Å². The van der Waals surface area contributed by atoms with E-state index in [1.165, 1.54) is 4.90 Å². The van der Waals surface area contributed by atoms with Gasteiger partial charge in [-0.05, 0) is 11.6 Å². The standard InChI is InChI=1S/C13H17Cl2NO3S/c1-9(8-20(3,18)19)13(17)16(2)7-10-5-4-6-11(14)12(10)15/h4-6,9H,7-8H2,1-3H3/t9-/m1/s1. The normalized spacial score (nSPS) is 13.1. The number of hydrogen-bond acceptors (Lipinski definition) is 3. The van der Waals surface area contributed by atoms with E-state index in [-0.39, 0.29) is 18.2 Å². The van der Waals surface area contributed by atoms with Crippen LogP contribution in [0.25, 0.3) is 0 Å². The zero-order valence-corrected chi connectivity index (χ0v) is 13.9. The summed E-state index contributed by atoms with van der Waals surface area (Å²) in [6.07, 6.45) is 1.12. The first-order valence-electron chi connectivity index (χ1n) is 5.97. The lowest BCUT2D eigenvalue weighted by atomic mass is 10.1. The van der Waals surface area contributed by atoms with Crippen molar-refractivity contribution in [2.45, 2.75) is 13.5 Å². The molecule has 1 amide bonds. The van der Waals surface area contributed by atoms with Gasteiger partial charge < -0.3 is 4.90 Å². The summed E-state index contributed by atoms with van der Waals surface area (Å²) in [4.78, 5) is 13.6. The van der Waals surface area contributed by atoms with Crippen molar-refractivity contribution in [3.05, 3.63) is 33.8 Å². The van der Waals surface area contributed by atoms with Gasteiger partial charge in [-0.3, -0.25) is 4.79 Å². The van der Waals surface area contributed by atoms with Crippen LogP contribution < -0.4 is 0 Å². The summed E-state index contributed by atoms with van der Waals surface area (Å²) in [5.74, 6) is -1.00. The van der Waals surface area contributed by atoms with Crippen LogP contribution in [0, 0.1) is 5.92 Å². The number of rotatable bonds is 5. The van der Waals surface area contributed by atoms with Crippen LogP contribution in [0.1, 0.15) is 12.5 Å². The van der Waals surface area contributed by atoms with Gasteiger partial charge in [-0.1, -0.05) is 42.3 Å². The SMILES string of the molecule is C[C@H](CS(C)(=O)=O)C(=O)N(C)Cc1cccc(Cl)c1Cl. The van der Waals surface area contributed by atoms with Crippen molar-refractivity contribution in [1.29, 1.82) is 0 Å². The van der Waals surface area contributed by atoms with Crippen LogP contribution in [0.5, 0.6) is 0 Å². The average Bonchev–Trinajstić information content (AvgIpc) is 2.31. The summed E-state index contributed by atoms with van der Waals surface area (Å²) < 4.78 is 22.4. The molecule has 0 bridgehead atoms. The zero-order valence-electron chi connectivity index (χ0n) is 11.6. The van der Waals surface area contributed by atoms with Gasteiger partial charge in [-0.2, -0.15) is 0 Å². The van der Waals surface area contributed by atoms with Gasteiger partial charge in [0.25, 0.3) is 0 Å². The lowest BCUT2D eigenvalue weighted by Gasteiger charge is -2.21. The minimum absolute atomic E-state index is 0.167. The van der Waals surface area contributed by atoms with Gasteiger partial charge in [-0.25, -0.2) is 8.42 Å². The Morgan fingerprint density at radius 2 is 1.95 bits per heavy atom. The van der Waals surface area contributed by atoms with Crippen LogP contribution in [0.4, 0.5) is 0 Å². The molecule has 0 heterocycles. The maximum absolute atomic E-state index is 12.1. The lowest BCUT2D eigenvalue weighted by molar-refractivity contribution is -0.133. The molecule has 1 aromatic rings. The van der Waals surface area contributed by atoms with Crippen molar-refractivity contribution in [2.75, 3.05) is 19.1 Å². The fraction of sp³-hybridized carbons (Fsp3) is 0.462. The van der Waals surface area contributed by atoms with Crippen LogP contribution >= 0.6 is 23.2 Å². The maximum atomic E-state index is 12.1. The van der Waals surface area contributed by atoms with Gasteiger partial charge in [0.15, 0.2) is 0 Å². The number of benzene rings is 1. The van der Waals surface area contributed by atoms with Crippen molar-refractivity contribution < 1.29 is 13.2 Å². The lowest BCUT2D eigenvalue weighted by Crippen LogP contribution is -2.34. The topological polar surface area (TPSA) is 54.5 Å². The predicted octanol–water partition coefficient (Wildman–Crippen LogP) is 2.63. The second kappa shape index (κ2) is 6.78. The number of hydrogen-bond donors (Lipinski definition) is 0. The molecule has 0 fully saturated rings. The molecule has 0 unspecified atom stereocenters. The first-order chi connectivity index (χ1) is 9.11. The highest BCUT2D eigenvalue weighted by atomic mass is 35.5. The summed E-state index contributed by atoms with van der Waals surface area (Å²) in [5, 5.41) is 0.832. The number of halogens is 2. The fourth-order valence-corrected chi connectivity index (χ4v) is 3.34. The van der Waals surface area contributed by atoms with E-state index in [1.54, 1.807) is 32.2 Å². The van der Waals surface area contributed by atoms with E-state index in [0.717, 1.165) is 11.8 Å². The fourth-order valence-electron chi connectivity index (χ4n) is 1.91. The van der Waals surface area contributed by atoms with Crippen LogP contribution in [-0.4, -0.2) is 38.3 Å². The molecule has 7 heteroatoms. The Labute approximate surface area is 129 Å². The van der Waals surface area contributed by atoms with E-state index in [2.05, 4.69) is 0 Å². The van der Waals surface area contributed by atoms with E-state index >= 15 is 0 Å². The second-order valence-corrected chi connectivity index (χ2v) is 7.87. The molecular formula is C13H17Cl2NO3S. The third-order valence-corrected chi connectivity index (χ3v) is 4.75. The van der Waals surface area contributed by atoms with E-state index < -0.39 is 15.8 Å². The molecule has 0 N–H and O–H groups in total. The number of carbonyl (C=O) groups is 1. The third kappa shape index (κ3) is 4.96. The van der Waals surface area contributed by atoms with E-state index in [9.17, 15) is 13.2 Å². The Morgan fingerprint density at radius 1 is 1.35 bits per heavy atom. The molecule has 20 heavy (non-hydrogen) atoms. The Kier molecular flexibility index (Phi) is 5.86. The molecule has 4 nitrogen and oxygen atoms in total. The smallest absolute Gasteiger partial charge is 0.226 e. The quantitative estimate of drug-likeness (QED) is 0.829. The largest absolute Gasteiger partial charge is 0.341 e. The molecule has 0 saturated heterocycles. The highest BCUT2D eigenvalue weighted by molar-refractivity contribution is 7.90. The molecule has 0 saturated carbocycles. The highest BCUT2D eigenvalue weighted by Crippen LogP contribution is 2.26. The van der Waals surface area contributed by atoms with Crippen molar-refractivity contribution in [1.82, 2.24) is 4.90 Å². The molecule has 0 spiro atoms. The molecular weight excluding hydrogens is 321 g/mol. The zero-order chi connectivity index (χ0) is 15.5. The van der Waals surface area contributed by atoms with Gasteiger partial charge in [0, 0.05) is 25.8 Å².